The molecule has 7 nitrogen and oxygen atoms in total. The van der Waals surface area contributed by atoms with E-state index < -0.39 is 23.3 Å². The van der Waals surface area contributed by atoms with Gasteiger partial charge in [0.2, 0.25) is 0 Å². The van der Waals surface area contributed by atoms with Gasteiger partial charge < -0.3 is 20.0 Å². The van der Waals surface area contributed by atoms with Crippen LogP contribution in [-0.2, 0) is 11.3 Å². The maximum absolute atomic E-state index is 10.4. The Bertz CT molecular complexity index is 400. The molecule has 0 bridgehead atoms. The summed E-state index contributed by atoms with van der Waals surface area (Å²) in [5.41, 5.74) is 0.376. The lowest BCUT2D eigenvalue weighted by Crippen LogP contribution is -2.28. The molecule has 0 amide bonds. The SMILES string of the molecule is Cc1c(Br)c([N+](=O)[O-])nn1CC(=O)[O-]. The molecule has 0 aliphatic carbocycles. The molecular weight excluding hydrogens is 258 g/mol. The van der Waals surface area contributed by atoms with E-state index in [-0.39, 0.29) is 4.47 Å². The van der Waals surface area contributed by atoms with Gasteiger partial charge in [0.05, 0.1) is 16.8 Å². The van der Waals surface area contributed by atoms with Crippen molar-refractivity contribution < 1.29 is 14.8 Å². The monoisotopic (exact) mass is 262 g/mol. The fraction of sp³-hybridized carbons (Fsp3) is 0.333. The first-order valence-electron chi connectivity index (χ1n) is 3.50. The van der Waals surface area contributed by atoms with Crippen molar-refractivity contribution in [3.05, 3.63) is 20.3 Å². The Labute approximate surface area is 86.6 Å². The van der Waals surface area contributed by atoms with Crippen LogP contribution in [0.4, 0.5) is 5.82 Å². The Morgan fingerprint density at radius 1 is 1.71 bits per heavy atom. The van der Waals surface area contributed by atoms with Crippen LogP contribution >= 0.6 is 15.9 Å². The highest BCUT2D eigenvalue weighted by Crippen LogP contribution is 2.26. The third kappa shape index (κ3) is 1.90. The highest BCUT2D eigenvalue weighted by atomic mass is 79.9. The first-order valence-corrected chi connectivity index (χ1v) is 4.30. The maximum Gasteiger partial charge on any atom is 0.404 e. The average molecular weight is 263 g/mol. The molecule has 1 heterocycles. The molecule has 0 saturated carbocycles. The first-order chi connectivity index (χ1) is 6.43. The zero-order valence-corrected chi connectivity index (χ0v) is 8.65. The van der Waals surface area contributed by atoms with E-state index in [0.29, 0.717) is 5.69 Å². The minimum atomic E-state index is -1.35. The highest BCUT2D eigenvalue weighted by Gasteiger charge is 2.22. The summed E-state index contributed by atoms with van der Waals surface area (Å²) in [6.45, 7) is 1.02. The van der Waals surface area contributed by atoms with E-state index in [1.165, 1.54) is 6.92 Å². The molecular formula is C6H5BrN3O4-. The van der Waals surface area contributed by atoms with Gasteiger partial charge in [-0.3, -0.25) is 0 Å². The fourth-order valence-corrected chi connectivity index (χ4v) is 1.33. The van der Waals surface area contributed by atoms with Gasteiger partial charge in [-0.1, -0.05) is 0 Å². The molecule has 0 aromatic carbocycles. The first kappa shape index (κ1) is 10.6. The largest absolute Gasteiger partial charge is 0.548 e. The van der Waals surface area contributed by atoms with Crippen molar-refractivity contribution in [2.45, 2.75) is 13.5 Å². The van der Waals surface area contributed by atoms with Gasteiger partial charge in [0, 0.05) is 0 Å². The zero-order chi connectivity index (χ0) is 10.9. The molecule has 1 rings (SSSR count). The molecule has 0 unspecified atom stereocenters. The van der Waals surface area contributed by atoms with Gasteiger partial charge >= 0.3 is 5.82 Å². The number of carboxylic acid groups (broad SMARTS) is 1. The average Bonchev–Trinajstić information content (AvgIpc) is 2.32. The van der Waals surface area contributed by atoms with Crippen LogP contribution in [0.2, 0.25) is 0 Å². The Morgan fingerprint density at radius 3 is 2.64 bits per heavy atom. The van der Waals surface area contributed by atoms with Gasteiger partial charge in [0.25, 0.3) is 0 Å². The number of carbonyl (C=O) groups is 1. The van der Waals surface area contributed by atoms with Crippen LogP contribution < -0.4 is 5.11 Å². The van der Waals surface area contributed by atoms with E-state index in [2.05, 4.69) is 21.0 Å². The van der Waals surface area contributed by atoms with Crippen molar-refractivity contribution in [3.63, 3.8) is 0 Å². The van der Waals surface area contributed by atoms with E-state index in [0.717, 1.165) is 4.68 Å². The molecule has 0 atom stereocenters. The van der Waals surface area contributed by atoms with E-state index in [9.17, 15) is 20.0 Å². The third-order valence-corrected chi connectivity index (χ3v) is 2.50. The van der Waals surface area contributed by atoms with Gasteiger partial charge in [0.15, 0.2) is 0 Å². The van der Waals surface area contributed by atoms with Crippen molar-refractivity contribution in [1.82, 2.24) is 9.78 Å². The van der Waals surface area contributed by atoms with Crippen LogP contribution in [0.25, 0.3) is 0 Å². The topological polar surface area (TPSA) is 101 Å². The number of nitro groups is 1. The molecule has 0 saturated heterocycles. The number of halogens is 1. The second-order valence-corrected chi connectivity index (χ2v) is 3.30. The molecule has 0 N–H and O–H groups in total. The van der Waals surface area contributed by atoms with Crippen LogP contribution in [0.15, 0.2) is 4.47 Å². The van der Waals surface area contributed by atoms with Crippen LogP contribution in [0.3, 0.4) is 0 Å². The van der Waals surface area contributed by atoms with Crippen molar-refractivity contribution >= 4 is 27.7 Å². The van der Waals surface area contributed by atoms with Gasteiger partial charge in [-0.2, -0.15) is 4.68 Å². The zero-order valence-electron chi connectivity index (χ0n) is 7.06. The fourth-order valence-electron chi connectivity index (χ4n) is 0.901. The molecule has 0 spiro atoms. The number of aliphatic carboxylic acids is 1. The lowest BCUT2D eigenvalue weighted by Gasteiger charge is -1.99. The van der Waals surface area contributed by atoms with E-state index in [1.807, 2.05) is 0 Å². The van der Waals surface area contributed by atoms with E-state index >= 15 is 0 Å². The lowest BCUT2D eigenvalue weighted by atomic mass is 10.4. The second-order valence-electron chi connectivity index (χ2n) is 2.51. The Hall–Kier alpha value is -1.44. The minimum Gasteiger partial charge on any atom is -0.548 e. The van der Waals surface area contributed by atoms with Crippen LogP contribution in [0.5, 0.6) is 0 Å². The van der Waals surface area contributed by atoms with Gasteiger partial charge in [0.1, 0.15) is 11.0 Å². The third-order valence-electron chi connectivity index (χ3n) is 1.57. The van der Waals surface area contributed by atoms with Crippen molar-refractivity contribution in [2.24, 2.45) is 0 Å². The number of hydrogen-bond acceptors (Lipinski definition) is 5. The molecule has 0 aliphatic rings. The van der Waals surface area contributed by atoms with Crippen molar-refractivity contribution in [1.29, 1.82) is 0 Å². The number of hydrogen-bond donors (Lipinski definition) is 0. The summed E-state index contributed by atoms with van der Waals surface area (Å²) in [6.07, 6.45) is 0. The van der Waals surface area contributed by atoms with E-state index in [1.54, 1.807) is 0 Å². The summed E-state index contributed by atoms with van der Waals surface area (Å²) < 4.78 is 1.18. The summed E-state index contributed by atoms with van der Waals surface area (Å²) in [5, 5.41) is 24.2. The van der Waals surface area contributed by atoms with Crippen LogP contribution in [0, 0.1) is 17.0 Å². The number of carbonyl (C=O) groups excluding carboxylic acids is 1. The summed E-state index contributed by atoms with van der Waals surface area (Å²) >= 11 is 2.95. The van der Waals surface area contributed by atoms with Gasteiger partial charge in [-0.25, -0.2) is 0 Å². The minimum absolute atomic E-state index is 0.184. The highest BCUT2D eigenvalue weighted by molar-refractivity contribution is 9.10. The second kappa shape index (κ2) is 3.74. The van der Waals surface area contributed by atoms with E-state index in [4.69, 9.17) is 0 Å². The van der Waals surface area contributed by atoms with Crippen LogP contribution in [0.1, 0.15) is 5.69 Å². The predicted octanol–water partition coefficient (Wildman–Crippen LogP) is -0.388. The quantitative estimate of drug-likeness (QED) is 0.546. The molecule has 0 fully saturated rings. The normalized spacial score (nSPS) is 10.1. The summed E-state index contributed by atoms with van der Waals surface area (Å²) in [6, 6.07) is 0. The van der Waals surface area contributed by atoms with Gasteiger partial charge in [-0.15, -0.1) is 0 Å². The van der Waals surface area contributed by atoms with Gasteiger partial charge in [-0.05, 0) is 27.8 Å². The van der Waals surface area contributed by atoms with Crippen molar-refractivity contribution in [2.75, 3.05) is 0 Å². The molecule has 8 heteroatoms. The van der Waals surface area contributed by atoms with Crippen LogP contribution in [-0.4, -0.2) is 20.7 Å². The maximum atomic E-state index is 10.4. The summed E-state index contributed by atoms with van der Waals surface area (Å²) in [7, 11) is 0. The Kier molecular flexibility index (Phi) is 2.84. The number of rotatable bonds is 3. The summed E-state index contributed by atoms with van der Waals surface area (Å²) in [5.74, 6) is -1.75. The molecule has 0 aliphatic heterocycles. The Balaban J connectivity index is 3.15. The molecule has 0 radical (unpaired) electrons. The molecule has 14 heavy (non-hydrogen) atoms. The molecule has 1 aromatic rings. The Morgan fingerprint density at radius 2 is 2.29 bits per heavy atom. The smallest absolute Gasteiger partial charge is 0.404 e. The molecule has 76 valence electrons. The number of carboxylic acids is 1. The summed E-state index contributed by atoms with van der Waals surface area (Å²) in [4.78, 5) is 20.0. The predicted molar refractivity (Wildman–Crippen MR) is 46.3 cm³/mol. The molecule has 1 aromatic heterocycles. The number of nitrogens with zero attached hydrogens (tertiary/aromatic N) is 3. The van der Waals surface area contributed by atoms with Crippen molar-refractivity contribution in [3.8, 4) is 0 Å². The number of aromatic nitrogens is 2. The lowest BCUT2D eigenvalue weighted by molar-refractivity contribution is -0.390. The standard InChI is InChI=1S/C6H6BrN3O4/c1-3-5(7)6(10(13)14)8-9(3)2-4(11)12/h2H2,1H3,(H,11,12)/p-1.